The second-order valence-electron chi connectivity index (χ2n) is 4.43. The summed E-state index contributed by atoms with van der Waals surface area (Å²) >= 11 is 1.85. The molecule has 0 unspecified atom stereocenters. The zero-order valence-corrected chi connectivity index (χ0v) is 11.6. The first-order chi connectivity index (χ1) is 8.33. The van der Waals surface area contributed by atoms with Crippen molar-refractivity contribution in [2.75, 3.05) is 13.2 Å². The van der Waals surface area contributed by atoms with Crippen molar-refractivity contribution in [3.05, 3.63) is 15.6 Å². The molecule has 0 amide bonds. The Morgan fingerprint density at radius 1 is 1.41 bits per heavy atom. The van der Waals surface area contributed by atoms with Crippen LogP contribution in [-0.4, -0.2) is 24.2 Å². The molecule has 4 heteroatoms. The summed E-state index contributed by atoms with van der Waals surface area (Å²) in [7, 11) is 0. The van der Waals surface area contributed by atoms with Gasteiger partial charge in [0.05, 0.1) is 17.3 Å². The highest BCUT2D eigenvalue weighted by molar-refractivity contribution is 7.11. The van der Waals surface area contributed by atoms with Gasteiger partial charge in [-0.2, -0.15) is 0 Å². The fourth-order valence-corrected chi connectivity index (χ4v) is 2.88. The molecule has 0 bridgehead atoms. The van der Waals surface area contributed by atoms with E-state index in [4.69, 9.17) is 9.72 Å². The Bertz CT molecular complexity index is 347. The van der Waals surface area contributed by atoms with Crippen LogP contribution in [0.15, 0.2) is 0 Å². The lowest BCUT2D eigenvalue weighted by atomic mass is 10.3. The van der Waals surface area contributed by atoms with Crippen LogP contribution in [0.3, 0.4) is 0 Å². The molecule has 1 aromatic rings. The van der Waals surface area contributed by atoms with E-state index in [1.165, 1.54) is 28.4 Å². The highest BCUT2D eigenvalue weighted by Crippen LogP contribution is 2.23. The van der Waals surface area contributed by atoms with Gasteiger partial charge in [-0.3, -0.25) is 0 Å². The Morgan fingerprint density at radius 2 is 2.24 bits per heavy atom. The normalized spacial score (nSPS) is 15.4. The lowest BCUT2D eigenvalue weighted by molar-refractivity contribution is 0.151. The summed E-state index contributed by atoms with van der Waals surface area (Å²) in [4.78, 5) is 6.12. The number of hydrogen-bond donors (Lipinski definition) is 1. The third-order valence-corrected chi connectivity index (χ3v) is 4.11. The molecule has 1 saturated carbocycles. The SMILES string of the molecule is CCOCCc1nc(CC)c(CNC2CC2)s1. The highest BCUT2D eigenvalue weighted by Gasteiger charge is 2.21. The van der Waals surface area contributed by atoms with Crippen LogP contribution in [0.4, 0.5) is 0 Å². The molecule has 1 aromatic heterocycles. The van der Waals surface area contributed by atoms with Crippen LogP contribution in [-0.2, 0) is 24.1 Å². The second-order valence-corrected chi connectivity index (χ2v) is 5.60. The maximum Gasteiger partial charge on any atom is 0.0954 e. The molecule has 1 heterocycles. The van der Waals surface area contributed by atoms with Gasteiger partial charge < -0.3 is 10.1 Å². The van der Waals surface area contributed by atoms with E-state index in [-0.39, 0.29) is 0 Å². The monoisotopic (exact) mass is 254 g/mol. The summed E-state index contributed by atoms with van der Waals surface area (Å²) in [5.41, 5.74) is 1.27. The second kappa shape index (κ2) is 6.47. The number of hydrogen-bond acceptors (Lipinski definition) is 4. The van der Waals surface area contributed by atoms with Gasteiger partial charge in [0.15, 0.2) is 0 Å². The Balaban J connectivity index is 1.88. The van der Waals surface area contributed by atoms with Gasteiger partial charge in [-0.15, -0.1) is 11.3 Å². The zero-order chi connectivity index (χ0) is 12.1. The molecule has 1 aliphatic rings. The molecular formula is C13H22N2OS. The molecule has 0 aromatic carbocycles. The number of nitrogens with one attached hydrogen (secondary N) is 1. The van der Waals surface area contributed by atoms with Crippen LogP contribution < -0.4 is 5.32 Å². The van der Waals surface area contributed by atoms with Crippen LogP contribution in [0, 0.1) is 0 Å². The zero-order valence-electron chi connectivity index (χ0n) is 10.8. The Kier molecular flexibility index (Phi) is 4.95. The van der Waals surface area contributed by atoms with Gasteiger partial charge in [0.1, 0.15) is 0 Å². The highest BCUT2D eigenvalue weighted by atomic mass is 32.1. The number of aromatic nitrogens is 1. The van der Waals surface area contributed by atoms with Crippen LogP contribution in [0.25, 0.3) is 0 Å². The number of aryl methyl sites for hydroxylation is 1. The van der Waals surface area contributed by atoms with Gasteiger partial charge in [-0.1, -0.05) is 6.92 Å². The lowest BCUT2D eigenvalue weighted by Gasteiger charge is -2.00. The van der Waals surface area contributed by atoms with Gasteiger partial charge in [-0.05, 0) is 26.2 Å². The summed E-state index contributed by atoms with van der Waals surface area (Å²) in [5, 5.41) is 4.79. The maximum absolute atomic E-state index is 5.38. The number of ether oxygens (including phenoxy) is 1. The molecule has 0 spiro atoms. The molecule has 0 atom stereocenters. The smallest absolute Gasteiger partial charge is 0.0954 e. The number of nitrogens with zero attached hydrogens (tertiary/aromatic N) is 1. The molecule has 1 aliphatic carbocycles. The Labute approximate surface area is 108 Å². The van der Waals surface area contributed by atoms with E-state index in [9.17, 15) is 0 Å². The quantitative estimate of drug-likeness (QED) is 0.724. The maximum atomic E-state index is 5.38. The van der Waals surface area contributed by atoms with Crippen molar-refractivity contribution in [3.63, 3.8) is 0 Å². The van der Waals surface area contributed by atoms with E-state index in [1.54, 1.807) is 0 Å². The molecule has 1 N–H and O–H groups in total. The molecule has 96 valence electrons. The minimum atomic E-state index is 0.772. The molecule has 2 rings (SSSR count). The fourth-order valence-electron chi connectivity index (χ4n) is 1.79. The minimum Gasteiger partial charge on any atom is -0.381 e. The van der Waals surface area contributed by atoms with Gasteiger partial charge in [0.2, 0.25) is 0 Å². The van der Waals surface area contributed by atoms with Gasteiger partial charge in [0.25, 0.3) is 0 Å². The first-order valence-electron chi connectivity index (χ1n) is 6.62. The first-order valence-corrected chi connectivity index (χ1v) is 7.43. The van der Waals surface area contributed by atoms with Crippen molar-refractivity contribution >= 4 is 11.3 Å². The van der Waals surface area contributed by atoms with Crippen molar-refractivity contribution < 1.29 is 4.74 Å². The lowest BCUT2D eigenvalue weighted by Crippen LogP contribution is -2.15. The van der Waals surface area contributed by atoms with E-state index in [0.29, 0.717) is 0 Å². The molecule has 3 nitrogen and oxygen atoms in total. The van der Waals surface area contributed by atoms with E-state index in [0.717, 1.165) is 38.6 Å². The summed E-state index contributed by atoms with van der Waals surface area (Å²) < 4.78 is 5.38. The predicted octanol–water partition coefficient (Wildman–Crippen LogP) is 2.54. The molecular weight excluding hydrogens is 232 g/mol. The van der Waals surface area contributed by atoms with Gasteiger partial charge in [0, 0.05) is 30.5 Å². The van der Waals surface area contributed by atoms with Gasteiger partial charge in [-0.25, -0.2) is 4.98 Å². The Hall–Kier alpha value is -0.450. The third kappa shape index (κ3) is 4.05. The van der Waals surface area contributed by atoms with Crippen molar-refractivity contribution in [1.82, 2.24) is 10.3 Å². The molecule has 0 aliphatic heterocycles. The van der Waals surface area contributed by atoms with Crippen LogP contribution in [0.2, 0.25) is 0 Å². The van der Waals surface area contributed by atoms with Crippen LogP contribution >= 0.6 is 11.3 Å². The average Bonchev–Trinajstić information content (AvgIpc) is 3.08. The minimum absolute atomic E-state index is 0.772. The molecule has 17 heavy (non-hydrogen) atoms. The molecule has 1 fully saturated rings. The van der Waals surface area contributed by atoms with Crippen molar-refractivity contribution in [3.8, 4) is 0 Å². The standard InChI is InChI=1S/C13H22N2OS/c1-3-11-12(9-14-10-5-6-10)17-13(15-11)7-8-16-4-2/h10,14H,3-9H2,1-2H3. The number of rotatable bonds is 8. The van der Waals surface area contributed by atoms with Crippen LogP contribution in [0.1, 0.15) is 42.3 Å². The van der Waals surface area contributed by atoms with Crippen LogP contribution in [0.5, 0.6) is 0 Å². The van der Waals surface area contributed by atoms with Gasteiger partial charge >= 0.3 is 0 Å². The predicted molar refractivity (Wildman–Crippen MR) is 71.6 cm³/mol. The first kappa shape index (κ1) is 13.0. The number of thiazole rings is 1. The summed E-state index contributed by atoms with van der Waals surface area (Å²) in [6, 6.07) is 0.772. The summed E-state index contributed by atoms with van der Waals surface area (Å²) in [6.45, 7) is 6.80. The van der Waals surface area contributed by atoms with Crippen molar-refractivity contribution in [1.29, 1.82) is 0 Å². The fraction of sp³-hybridized carbons (Fsp3) is 0.769. The summed E-state index contributed by atoms with van der Waals surface area (Å²) in [5.74, 6) is 0. The van der Waals surface area contributed by atoms with Crippen molar-refractivity contribution in [2.45, 2.75) is 52.1 Å². The topological polar surface area (TPSA) is 34.1 Å². The van der Waals surface area contributed by atoms with E-state index >= 15 is 0 Å². The molecule has 0 radical (unpaired) electrons. The summed E-state index contributed by atoms with van der Waals surface area (Å²) in [6.07, 6.45) is 4.68. The Morgan fingerprint density at radius 3 is 2.88 bits per heavy atom. The third-order valence-electron chi connectivity index (χ3n) is 2.95. The average molecular weight is 254 g/mol. The van der Waals surface area contributed by atoms with E-state index in [2.05, 4.69) is 12.2 Å². The molecule has 0 saturated heterocycles. The largest absolute Gasteiger partial charge is 0.381 e. The van der Waals surface area contributed by atoms with E-state index < -0.39 is 0 Å². The van der Waals surface area contributed by atoms with Crippen molar-refractivity contribution in [2.24, 2.45) is 0 Å². The van der Waals surface area contributed by atoms with E-state index in [1.807, 2.05) is 18.3 Å².